The molecule has 10 atom stereocenters. The molecule has 0 aromatic carbocycles. The lowest BCUT2D eigenvalue weighted by atomic mass is 9.43. The molecule has 3 N–H and O–H groups in total. The van der Waals surface area contributed by atoms with Gasteiger partial charge in [0.25, 0.3) is 0 Å². The molecular formula is C24H42O3. The van der Waals surface area contributed by atoms with E-state index in [0.29, 0.717) is 47.0 Å². The quantitative estimate of drug-likeness (QED) is 0.680. The lowest BCUT2D eigenvalue weighted by Gasteiger charge is -2.62. The first-order chi connectivity index (χ1) is 12.8. The fourth-order valence-electron chi connectivity index (χ4n) is 8.79. The summed E-state index contributed by atoms with van der Waals surface area (Å²) in [5.41, 5.74) is 0.694. The Balaban J connectivity index is 1.57. The van der Waals surface area contributed by atoms with E-state index in [1.165, 1.54) is 25.7 Å². The molecule has 0 radical (unpaired) electrons. The zero-order valence-corrected chi connectivity index (χ0v) is 17.7. The molecule has 0 heterocycles. The van der Waals surface area contributed by atoms with Gasteiger partial charge in [0.2, 0.25) is 0 Å². The zero-order chi connectivity index (χ0) is 19.4. The van der Waals surface area contributed by atoms with Crippen molar-refractivity contribution in [3.63, 3.8) is 0 Å². The predicted molar refractivity (Wildman–Crippen MR) is 108 cm³/mol. The first kappa shape index (κ1) is 20.2. The van der Waals surface area contributed by atoms with Crippen LogP contribution in [0.5, 0.6) is 0 Å². The Hall–Kier alpha value is -0.120. The molecule has 0 amide bonds. The van der Waals surface area contributed by atoms with Gasteiger partial charge < -0.3 is 15.3 Å². The van der Waals surface area contributed by atoms with Gasteiger partial charge in [-0.25, -0.2) is 0 Å². The zero-order valence-electron chi connectivity index (χ0n) is 17.7. The molecule has 0 aliphatic heterocycles. The van der Waals surface area contributed by atoms with E-state index in [-0.39, 0.29) is 12.2 Å². The van der Waals surface area contributed by atoms with Crippen LogP contribution in [0.4, 0.5) is 0 Å². The van der Waals surface area contributed by atoms with Gasteiger partial charge in [0, 0.05) is 6.61 Å². The maximum Gasteiger partial charge on any atom is 0.0577 e. The van der Waals surface area contributed by atoms with Crippen molar-refractivity contribution in [3.8, 4) is 0 Å². The van der Waals surface area contributed by atoms with Crippen LogP contribution in [0.2, 0.25) is 0 Å². The van der Waals surface area contributed by atoms with Crippen molar-refractivity contribution >= 4 is 0 Å². The van der Waals surface area contributed by atoms with E-state index in [4.69, 9.17) is 0 Å². The highest BCUT2D eigenvalue weighted by atomic mass is 16.3. The van der Waals surface area contributed by atoms with E-state index < -0.39 is 0 Å². The standard InChI is InChI=1S/C24H42O3/c1-15(5-4-12-25)18-6-7-19-22-20(9-11-24(18,19)3)23(2)10-8-17(26)13-16(23)14-21(22)27/h15-22,25-27H,4-14H2,1-3H3/t15-,16+,17-,18-,19?,20?,21-,22?,23+,24-/m1/s1. The van der Waals surface area contributed by atoms with E-state index in [1.54, 1.807) is 0 Å². The summed E-state index contributed by atoms with van der Waals surface area (Å²) in [4.78, 5) is 0. The Bertz CT molecular complexity index is 536. The highest BCUT2D eigenvalue weighted by Gasteiger charge is 2.62. The largest absolute Gasteiger partial charge is 0.396 e. The topological polar surface area (TPSA) is 60.7 Å². The maximum absolute atomic E-state index is 11.3. The number of aliphatic hydroxyl groups excluding tert-OH is 3. The molecule has 3 unspecified atom stereocenters. The number of hydrogen-bond donors (Lipinski definition) is 3. The van der Waals surface area contributed by atoms with E-state index in [9.17, 15) is 15.3 Å². The fourth-order valence-corrected chi connectivity index (χ4v) is 8.79. The Morgan fingerprint density at radius 3 is 2.37 bits per heavy atom. The summed E-state index contributed by atoms with van der Waals surface area (Å²) < 4.78 is 0. The van der Waals surface area contributed by atoms with Crippen LogP contribution in [0.3, 0.4) is 0 Å². The first-order valence-electron chi connectivity index (χ1n) is 11.8. The van der Waals surface area contributed by atoms with E-state index in [0.717, 1.165) is 44.4 Å². The van der Waals surface area contributed by atoms with Crippen LogP contribution in [0.1, 0.15) is 85.0 Å². The molecule has 0 aromatic heterocycles. The molecule has 4 saturated carbocycles. The minimum absolute atomic E-state index is 0.149. The van der Waals surface area contributed by atoms with Crippen LogP contribution in [0, 0.1) is 46.3 Å². The van der Waals surface area contributed by atoms with Gasteiger partial charge >= 0.3 is 0 Å². The average molecular weight is 379 g/mol. The molecule has 4 rings (SSSR count). The van der Waals surface area contributed by atoms with E-state index in [2.05, 4.69) is 20.8 Å². The van der Waals surface area contributed by atoms with Crippen LogP contribution >= 0.6 is 0 Å². The van der Waals surface area contributed by atoms with Crippen LogP contribution in [0.15, 0.2) is 0 Å². The van der Waals surface area contributed by atoms with E-state index in [1.807, 2.05) is 0 Å². The van der Waals surface area contributed by atoms with Gasteiger partial charge in [0.15, 0.2) is 0 Å². The van der Waals surface area contributed by atoms with Crippen molar-refractivity contribution in [1.82, 2.24) is 0 Å². The second-order valence-electron chi connectivity index (χ2n) is 11.3. The van der Waals surface area contributed by atoms with Gasteiger partial charge in [-0.3, -0.25) is 0 Å². The van der Waals surface area contributed by atoms with Gasteiger partial charge in [-0.05, 0) is 111 Å². The summed E-state index contributed by atoms with van der Waals surface area (Å²) in [7, 11) is 0. The molecule has 27 heavy (non-hydrogen) atoms. The molecule has 0 bridgehead atoms. The van der Waals surface area contributed by atoms with Crippen LogP contribution in [0.25, 0.3) is 0 Å². The summed E-state index contributed by atoms with van der Waals surface area (Å²) in [5, 5.41) is 30.7. The summed E-state index contributed by atoms with van der Waals surface area (Å²) >= 11 is 0. The van der Waals surface area contributed by atoms with Crippen molar-refractivity contribution in [3.05, 3.63) is 0 Å². The van der Waals surface area contributed by atoms with Gasteiger partial charge in [-0.1, -0.05) is 20.8 Å². The maximum atomic E-state index is 11.3. The van der Waals surface area contributed by atoms with E-state index >= 15 is 0 Å². The van der Waals surface area contributed by atoms with Crippen LogP contribution < -0.4 is 0 Å². The summed E-state index contributed by atoms with van der Waals surface area (Å²) in [6, 6.07) is 0. The molecule has 0 aromatic rings. The van der Waals surface area contributed by atoms with Gasteiger partial charge in [-0.2, -0.15) is 0 Å². The normalized spacial score (nSPS) is 53.3. The number of aliphatic hydroxyl groups is 3. The molecule has 0 saturated heterocycles. The number of rotatable bonds is 4. The third-order valence-corrected chi connectivity index (χ3v) is 10.2. The number of fused-ring (bicyclic) bond motifs is 5. The average Bonchev–Trinajstić information content (AvgIpc) is 2.98. The monoisotopic (exact) mass is 378 g/mol. The molecule has 4 fully saturated rings. The minimum atomic E-state index is -0.172. The smallest absolute Gasteiger partial charge is 0.0577 e. The van der Waals surface area contributed by atoms with Crippen molar-refractivity contribution in [2.75, 3.05) is 6.61 Å². The Kier molecular flexibility index (Phi) is 5.44. The third-order valence-electron chi connectivity index (χ3n) is 10.2. The fraction of sp³-hybridized carbons (Fsp3) is 1.00. The van der Waals surface area contributed by atoms with Crippen molar-refractivity contribution in [1.29, 1.82) is 0 Å². The predicted octanol–water partition coefficient (Wildman–Crippen LogP) is 4.39. The molecule has 4 aliphatic carbocycles. The van der Waals surface area contributed by atoms with Crippen molar-refractivity contribution in [2.45, 2.75) is 97.2 Å². The molecular weight excluding hydrogens is 336 g/mol. The Labute approximate surface area is 165 Å². The Morgan fingerprint density at radius 1 is 0.926 bits per heavy atom. The first-order valence-corrected chi connectivity index (χ1v) is 11.8. The summed E-state index contributed by atoms with van der Waals surface area (Å²) in [5.74, 6) is 3.71. The van der Waals surface area contributed by atoms with Gasteiger partial charge in [-0.15, -0.1) is 0 Å². The highest BCUT2D eigenvalue weighted by Crippen LogP contribution is 2.68. The van der Waals surface area contributed by atoms with Crippen molar-refractivity contribution < 1.29 is 15.3 Å². The lowest BCUT2D eigenvalue weighted by molar-refractivity contribution is -0.174. The van der Waals surface area contributed by atoms with Gasteiger partial charge in [0.1, 0.15) is 0 Å². The van der Waals surface area contributed by atoms with Crippen LogP contribution in [-0.4, -0.2) is 34.1 Å². The second kappa shape index (κ2) is 7.29. The molecule has 4 aliphatic rings. The number of hydrogen-bond acceptors (Lipinski definition) is 3. The third kappa shape index (κ3) is 3.11. The molecule has 156 valence electrons. The molecule has 3 nitrogen and oxygen atoms in total. The Morgan fingerprint density at radius 2 is 1.63 bits per heavy atom. The summed E-state index contributed by atoms with van der Waals surface area (Å²) in [6.07, 6.45) is 10.8. The highest BCUT2D eigenvalue weighted by molar-refractivity contribution is 5.11. The minimum Gasteiger partial charge on any atom is -0.396 e. The summed E-state index contributed by atoms with van der Waals surface area (Å²) in [6.45, 7) is 7.74. The lowest BCUT2D eigenvalue weighted by Crippen LogP contribution is -2.58. The second-order valence-corrected chi connectivity index (χ2v) is 11.3. The molecule has 3 heteroatoms. The SMILES string of the molecule is C[C@H](CCCO)[C@H]1CCC2C3C(CC[C@@]21C)[C@@]1(C)CC[C@@H](O)C[C@H]1C[C@H]3O. The molecule has 0 spiro atoms. The van der Waals surface area contributed by atoms with Gasteiger partial charge in [0.05, 0.1) is 12.2 Å². The van der Waals surface area contributed by atoms with Crippen molar-refractivity contribution in [2.24, 2.45) is 46.3 Å². The van der Waals surface area contributed by atoms with Crippen LogP contribution in [-0.2, 0) is 0 Å².